The summed E-state index contributed by atoms with van der Waals surface area (Å²) in [5.74, 6) is 0.888. The number of nitrogens with zero attached hydrogens (tertiary/aromatic N) is 6. The van der Waals surface area contributed by atoms with Crippen molar-refractivity contribution in [3.63, 3.8) is 0 Å². The van der Waals surface area contributed by atoms with Crippen LogP contribution < -0.4 is 0 Å². The van der Waals surface area contributed by atoms with Gasteiger partial charge in [-0.1, -0.05) is 31.0 Å². The first kappa shape index (κ1) is 15.5. The molecule has 1 saturated carbocycles. The molecule has 1 aliphatic carbocycles. The van der Waals surface area contributed by atoms with Crippen LogP contribution in [0.15, 0.2) is 5.16 Å². The molecule has 22 heavy (non-hydrogen) atoms. The maximum Gasteiger partial charge on any atom is 0.169 e. The second-order valence-corrected chi connectivity index (χ2v) is 7.46. The normalized spacial score (nSPS) is 17.8. The lowest BCUT2D eigenvalue weighted by Gasteiger charge is -2.26. The Labute approximate surface area is 135 Å². The molecule has 1 aliphatic rings. The lowest BCUT2D eigenvalue weighted by molar-refractivity contribution is 0.332. The number of thioether (sulfide) groups is 1. The molecule has 0 spiro atoms. The summed E-state index contributed by atoms with van der Waals surface area (Å²) in [6, 6.07) is 0.599. The minimum Gasteiger partial charge on any atom is -0.320 e. The summed E-state index contributed by atoms with van der Waals surface area (Å²) in [5, 5.41) is 13.1. The summed E-state index contributed by atoms with van der Waals surface area (Å²) in [6.45, 7) is 6.43. The number of hydrogen-bond acceptors (Lipinski definition) is 5. The van der Waals surface area contributed by atoms with Gasteiger partial charge in [0, 0.05) is 18.8 Å². The molecule has 0 aromatic carbocycles. The highest BCUT2D eigenvalue weighted by molar-refractivity contribution is 7.99. The van der Waals surface area contributed by atoms with Crippen LogP contribution in [0.2, 0.25) is 0 Å². The summed E-state index contributed by atoms with van der Waals surface area (Å²) in [6.07, 6.45) is 6.56. The average Bonchev–Trinajstić information content (AvgIpc) is 3.05. The second-order valence-electron chi connectivity index (χ2n) is 6.15. The summed E-state index contributed by atoms with van der Waals surface area (Å²) >= 11 is 1.76. The molecular formula is C15H24N6S. The topological polar surface area (TPSA) is 61.4 Å². The van der Waals surface area contributed by atoms with Crippen molar-refractivity contribution in [1.29, 1.82) is 0 Å². The minimum absolute atomic E-state index is 0.184. The van der Waals surface area contributed by atoms with Crippen LogP contribution in [0.3, 0.4) is 0 Å². The van der Waals surface area contributed by atoms with Crippen LogP contribution >= 0.6 is 11.8 Å². The van der Waals surface area contributed by atoms with E-state index in [0.717, 1.165) is 16.7 Å². The second kappa shape index (κ2) is 6.40. The first-order chi connectivity index (χ1) is 10.6. The van der Waals surface area contributed by atoms with E-state index in [0.29, 0.717) is 6.04 Å². The molecule has 1 fully saturated rings. The van der Waals surface area contributed by atoms with E-state index in [2.05, 4.69) is 40.9 Å². The molecule has 120 valence electrons. The Kier molecular flexibility index (Phi) is 4.52. The van der Waals surface area contributed by atoms with Crippen LogP contribution in [-0.4, -0.2) is 29.8 Å². The SMILES string of the molecule is Cc1nc(SC(C)c2nnnn2C)n(C2CCCCC2)c1C. The van der Waals surface area contributed by atoms with E-state index in [1.807, 2.05) is 7.05 Å². The number of rotatable bonds is 4. The van der Waals surface area contributed by atoms with Gasteiger partial charge in [-0.15, -0.1) is 5.10 Å². The fraction of sp³-hybridized carbons (Fsp3) is 0.733. The van der Waals surface area contributed by atoms with Crippen molar-refractivity contribution >= 4 is 11.8 Å². The van der Waals surface area contributed by atoms with Crippen molar-refractivity contribution in [3.8, 4) is 0 Å². The number of hydrogen-bond donors (Lipinski definition) is 0. The van der Waals surface area contributed by atoms with Crippen LogP contribution in [0.25, 0.3) is 0 Å². The summed E-state index contributed by atoms with van der Waals surface area (Å²) in [7, 11) is 1.89. The largest absolute Gasteiger partial charge is 0.320 e. The van der Waals surface area contributed by atoms with E-state index in [1.54, 1.807) is 16.4 Å². The Morgan fingerprint density at radius 1 is 1.18 bits per heavy atom. The molecule has 0 aliphatic heterocycles. The van der Waals surface area contributed by atoms with Gasteiger partial charge >= 0.3 is 0 Å². The zero-order valence-electron chi connectivity index (χ0n) is 13.8. The molecule has 0 amide bonds. The first-order valence-corrected chi connectivity index (χ1v) is 8.90. The third-order valence-electron chi connectivity index (χ3n) is 4.59. The highest BCUT2D eigenvalue weighted by atomic mass is 32.2. The number of aryl methyl sites for hydroxylation is 2. The molecular weight excluding hydrogens is 296 g/mol. The van der Waals surface area contributed by atoms with Crippen LogP contribution in [0.4, 0.5) is 0 Å². The van der Waals surface area contributed by atoms with Gasteiger partial charge in [-0.3, -0.25) is 0 Å². The van der Waals surface area contributed by atoms with Gasteiger partial charge in [0.15, 0.2) is 11.0 Å². The highest BCUT2D eigenvalue weighted by Crippen LogP contribution is 2.38. The Bertz CT molecular complexity index is 640. The average molecular weight is 320 g/mol. The van der Waals surface area contributed by atoms with Gasteiger partial charge in [0.25, 0.3) is 0 Å². The summed E-state index contributed by atoms with van der Waals surface area (Å²) < 4.78 is 4.20. The van der Waals surface area contributed by atoms with Gasteiger partial charge in [-0.2, -0.15) is 0 Å². The molecule has 2 heterocycles. The van der Waals surface area contributed by atoms with Gasteiger partial charge in [-0.05, 0) is 44.0 Å². The third-order valence-corrected chi connectivity index (χ3v) is 5.66. The van der Waals surface area contributed by atoms with Gasteiger partial charge in [0.2, 0.25) is 0 Å². The van der Waals surface area contributed by atoms with E-state index in [-0.39, 0.29) is 5.25 Å². The summed E-state index contributed by atoms with van der Waals surface area (Å²) in [5.41, 5.74) is 2.44. The van der Waals surface area contributed by atoms with E-state index < -0.39 is 0 Å². The molecule has 2 aromatic rings. The number of aromatic nitrogens is 6. The van der Waals surface area contributed by atoms with E-state index in [9.17, 15) is 0 Å². The van der Waals surface area contributed by atoms with Gasteiger partial charge in [-0.25, -0.2) is 9.67 Å². The number of imidazole rings is 1. The van der Waals surface area contributed by atoms with Crippen LogP contribution in [0, 0.1) is 13.8 Å². The summed E-state index contributed by atoms with van der Waals surface area (Å²) in [4.78, 5) is 4.81. The monoisotopic (exact) mass is 320 g/mol. The molecule has 1 unspecified atom stereocenters. The Hall–Kier alpha value is -1.37. The van der Waals surface area contributed by atoms with Crippen LogP contribution in [-0.2, 0) is 7.05 Å². The van der Waals surface area contributed by atoms with Crippen molar-refractivity contribution in [3.05, 3.63) is 17.2 Å². The van der Waals surface area contributed by atoms with Crippen molar-refractivity contribution in [2.45, 2.75) is 69.3 Å². The van der Waals surface area contributed by atoms with Crippen molar-refractivity contribution in [2.24, 2.45) is 7.05 Å². The molecule has 0 radical (unpaired) electrons. The minimum atomic E-state index is 0.184. The maximum absolute atomic E-state index is 4.81. The smallest absolute Gasteiger partial charge is 0.169 e. The van der Waals surface area contributed by atoms with E-state index >= 15 is 0 Å². The van der Waals surface area contributed by atoms with Crippen LogP contribution in [0.1, 0.15) is 67.5 Å². The maximum atomic E-state index is 4.81. The predicted octanol–water partition coefficient (Wildman–Crippen LogP) is 3.38. The lowest BCUT2D eigenvalue weighted by Crippen LogP contribution is -2.15. The van der Waals surface area contributed by atoms with Crippen molar-refractivity contribution in [2.75, 3.05) is 0 Å². The van der Waals surface area contributed by atoms with Crippen molar-refractivity contribution < 1.29 is 0 Å². The van der Waals surface area contributed by atoms with Crippen molar-refractivity contribution in [1.82, 2.24) is 29.8 Å². The fourth-order valence-corrected chi connectivity index (χ4v) is 4.45. The fourth-order valence-electron chi connectivity index (χ4n) is 3.24. The number of tetrazole rings is 1. The lowest BCUT2D eigenvalue weighted by atomic mass is 9.95. The highest BCUT2D eigenvalue weighted by Gasteiger charge is 2.24. The molecule has 7 heteroatoms. The molecule has 6 nitrogen and oxygen atoms in total. The Morgan fingerprint density at radius 2 is 1.91 bits per heavy atom. The van der Waals surface area contributed by atoms with Gasteiger partial charge in [0.05, 0.1) is 10.9 Å². The molecule has 2 aromatic heterocycles. The van der Waals surface area contributed by atoms with Crippen LogP contribution in [0.5, 0.6) is 0 Å². The molecule has 3 rings (SSSR count). The Balaban J connectivity index is 1.87. The molecule has 1 atom stereocenters. The van der Waals surface area contributed by atoms with E-state index in [1.165, 1.54) is 37.8 Å². The van der Waals surface area contributed by atoms with E-state index in [4.69, 9.17) is 4.98 Å². The zero-order chi connectivity index (χ0) is 15.7. The zero-order valence-corrected chi connectivity index (χ0v) is 14.6. The quantitative estimate of drug-likeness (QED) is 0.808. The third kappa shape index (κ3) is 2.91. The van der Waals surface area contributed by atoms with Gasteiger partial charge in [0.1, 0.15) is 0 Å². The Morgan fingerprint density at radius 3 is 2.55 bits per heavy atom. The molecule has 0 saturated heterocycles. The molecule has 0 bridgehead atoms. The first-order valence-electron chi connectivity index (χ1n) is 8.02. The predicted molar refractivity (Wildman–Crippen MR) is 86.9 cm³/mol. The van der Waals surface area contributed by atoms with Gasteiger partial charge < -0.3 is 4.57 Å². The standard InChI is InChI=1S/C15H24N6S/c1-10-11(2)21(13-8-6-5-7-9-13)15(16-10)22-12(3)14-17-18-19-20(14)4/h12-13H,5-9H2,1-4H3. The molecule has 0 N–H and O–H groups in total.